The highest BCUT2D eigenvalue weighted by atomic mass is 32.2. The van der Waals surface area contributed by atoms with E-state index in [9.17, 15) is 0 Å². The van der Waals surface area contributed by atoms with Gasteiger partial charge in [-0.3, -0.25) is 15.8 Å². The number of benzene rings is 1. The van der Waals surface area contributed by atoms with Crippen molar-refractivity contribution in [2.75, 3.05) is 21.2 Å². The average Bonchev–Trinajstić information content (AvgIpc) is 2.68. The second-order valence-corrected chi connectivity index (χ2v) is 10.2. The molecule has 1 aliphatic rings. The summed E-state index contributed by atoms with van der Waals surface area (Å²) in [6.45, 7) is 8.81. The Morgan fingerprint density at radius 3 is 2.39 bits per heavy atom. The Hall–Kier alpha value is -2.32. The van der Waals surface area contributed by atoms with Gasteiger partial charge in [-0.05, 0) is 70.0 Å². The van der Waals surface area contributed by atoms with Crippen molar-refractivity contribution in [2.45, 2.75) is 57.7 Å². The van der Waals surface area contributed by atoms with Gasteiger partial charge in [-0.2, -0.15) is 0 Å². The molecule has 0 radical (unpaired) electrons. The Labute approximate surface area is 190 Å². The van der Waals surface area contributed by atoms with Gasteiger partial charge in [0, 0.05) is 54.8 Å². The van der Waals surface area contributed by atoms with Gasteiger partial charge in [0.25, 0.3) is 0 Å². The largest absolute Gasteiger partial charge is 0.496 e. The minimum atomic E-state index is -0.00576. The molecule has 8 heteroatoms. The number of allylic oxidation sites excluding steroid dienone is 1. The normalized spacial score (nSPS) is 18.7. The van der Waals surface area contributed by atoms with Crippen LogP contribution in [0.25, 0.3) is 5.57 Å². The van der Waals surface area contributed by atoms with Crippen molar-refractivity contribution in [3.63, 3.8) is 0 Å². The zero-order valence-electron chi connectivity index (χ0n) is 19.7. The molecule has 0 amide bonds. The third-order valence-corrected chi connectivity index (χ3v) is 6.37. The molecule has 0 aromatic heterocycles. The fourth-order valence-electron chi connectivity index (χ4n) is 4.34. The Bertz CT molecular complexity index is 874. The molecule has 7 nitrogen and oxygen atoms in total. The highest BCUT2D eigenvalue weighted by Crippen LogP contribution is 2.33. The number of amidine groups is 1. The summed E-state index contributed by atoms with van der Waals surface area (Å²) in [4.78, 5) is 6.02. The fraction of sp³-hybridized carbons (Fsp3) is 0.522. The number of hydrogen-bond donors (Lipinski definition) is 4. The van der Waals surface area contributed by atoms with E-state index >= 15 is 0 Å². The van der Waals surface area contributed by atoms with Gasteiger partial charge in [0.15, 0.2) is 5.17 Å². The summed E-state index contributed by atoms with van der Waals surface area (Å²) >= 11 is 1.14. The molecular weight excluding hydrogens is 408 g/mol. The van der Waals surface area contributed by atoms with Crippen molar-refractivity contribution in [3.8, 4) is 5.75 Å². The van der Waals surface area contributed by atoms with Crippen LogP contribution in [0.3, 0.4) is 0 Å². The first kappa shape index (κ1) is 24.9. The van der Waals surface area contributed by atoms with Crippen LogP contribution >= 0.6 is 11.8 Å². The van der Waals surface area contributed by atoms with Crippen molar-refractivity contribution >= 4 is 33.8 Å². The molecule has 2 rings (SSSR count). The highest BCUT2D eigenvalue weighted by Gasteiger charge is 2.39. The molecule has 1 saturated heterocycles. The van der Waals surface area contributed by atoms with E-state index in [1.54, 1.807) is 20.4 Å². The van der Waals surface area contributed by atoms with Gasteiger partial charge in [-0.15, -0.1) is 0 Å². The van der Waals surface area contributed by atoms with Crippen LogP contribution in [0.5, 0.6) is 5.75 Å². The number of rotatable bonds is 5. The van der Waals surface area contributed by atoms with Gasteiger partial charge in [-0.1, -0.05) is 6.07 Å². The predicted molar refractivity (Wildman–Crippen MR) is 134 cm³/mol. The Morgan fingerprint density at radius 1 is 1.26 bits per heavy atom. The van der Waals surface area contributed by atoms with Crippen LogP contribution < -0.4 is 15.8 Å². The summed E-state index contributed by atoms with van der Waals surface area (Å²) < 4.78 is 5.53. The second kappa shape index (κ2) is 9.87. The molecular formula is C23H36N6OS. The van der Waals surface area contributed by atoms with E-state index in [0.29, 0.717) is 16.5 Å². The van der Waals surface area contributed by atoms with E-state index in [4.69, 9.17) is 21.3 Å². The van der Waals surface area contributed by atoms with E-state index in [0.717, 1.165) is 35.7 Å². The molecule has 0 atom stereocenters. The van der Waals surface area contributed by atoms with Crippen LogP contribution in [0, 0.1) is 10.8 Å². The summed E-state index contributed by atoms with van der Waals surface area (Å²) in [5.41, 5.74) is 7.97. The first-order chi connectivity index (χ1) is 14.4. The van der Waals surface area contributed by atoms with Crippen molar-refractivity contribution < 1.29 is 4.74 Å². The summed E-state index contributed by atoms with van der Waals surface area (Å²) in [7, 11) is 5.22. The molecule has 1 aromatic carbocycles. The molecule has 0 unspecified atom stereocenters. The third-order valence-electron chi connectivity index (χ3n) is 5.46. The van der Waals surface area contributed by atoms with Gasteiger partial charge in [-0.25, -0.2) is 0 Å². The number of piperidine rings is 1. The van der Waals surface area contributed by atoms with E-state index in [2.05, 4.69) is 38.0 Å². The molecule has 0 saturated carbocycles. The molecule has 1 fully saturated rings. The van der Waals surface area contributed by atoms with Crippen molar-refractivity contribution in [3.05, 3.63) is 35.5 Å². The number of thioether (sulfide) groups is 1. The van der Waals surface area contributed by atoms with Crippen molar-refractivity contribution in [1.82, 2.24) is 10.2 Å². The molecule has 0 bridgehead atoms. The van der Waals surface area contributed by atoms with E-state index < -0.39 is 0 Å². The molecule has 0 spiro atoms. The minimum Gasteiger partial charge on any atom is -0.496 e. The summed E-state index contributed by atoms with van der Waals surface area (Å²) in [6.07, 6.45) is 5.05. The molecule has 31 heavy (non-hydrogen) atoms. The lowest BCUT2D eigenvalue weighted by Crippen LogP contribution is -2.62. The maximum absolute atomic E-state index is 8.64. The van der Waals surface area contributed by atoms with Crippen LogP contribution in [-0.2, 0) is 0 Å². The van der Waals surface area contributed by atoms with Crippen molar-refractivity contribution in [1.29, 1.82) is 10.8 Å². The van der Waals surface area contributed by atoms with Gasteiger partial charge in [0.1, 0.15) is 10.8 Å². The number of ether oxygens (including phenoxy) is 1. The fourth-order valence-corrected chi connectivity index (χ4v) is 5.11. The van der Waals surface area contributed by atoms with E-state index in [1.165, 1.54) is 6.20 Å². The molecule has 170 valence electrons. The lowest BCUT2D eigenvalue weighted by atomic mass is 9.79. The number of hydrogen-bond acceptors (Lipinski definition) is 7. The van der Waals surface area contributed by atoms with Crippen LogP contribution in [0.2, 0.25) is 0 Å². The lowest BCUT2D eigenvalue weighted by molar-refractivity contribution is 0.114. The van der Waals surface area contributed by atoms with Crippen LogP contribution in [0.15, 0.2) is 29.4 Å². The Morgan fingerprint density at radius 2 is 1.87 bits per heavy atom. The van der Waals surface area contributed by atoms with Crippen molar-refractivity contribution in [2.24, 2.45) is 10.7 Å². The third kappa shape index (κ3) is 6.33. The highest BCUT2D eigenvalue weighted by molar-refractivity contribution is 8.26. The van der Waals surface area contributed by atoms with Gasteiger partial charge in [0.2, 0.25) is 0 Å². The summed E-state index contributed by atoms with van der Waals surface area (Å²) in [6, 6.07) is 5.79. The zero-order chi connectivity index (χ0) is 23.4. The lowest BCUT2D eigenvalue weighted by Gasteiger charge is -2.49. The van der Waals surface area contributed by atoms with Crippen LogP contribution in [0.1, 0.15) is 51.7 Å². The van der Waals surface area contributed by atoms with Gasteiger partial charge >= 0.3 is 0 Å². The number of aliphatic imine (C=N–C) groups is 1. The first-order valence-corrected chi connectivity index (χ1v) is 11.1. The minimum absolute atomic E-state index is 0.00576. The maximum atomic E-state index is 8.64. The quantitative estimate of drug-likeness (QED) is 0.406. The predicted octanol–water partition coefficient (Wildman–Crippen LogP) is 3.93. The standard InChI is InChI=1S/C23H36N6OS/c1-22(2)11-17(12-23(3,4)28-22)29(6)21(26)31-20(25)18-9-8-15(10-19(18)30-7)16(13-24)14-27-5/h8-10,13-14,17,25-26,28H,11-12,24H2,1-7H3. The average molecular weight is 445 g/mol. The zero-order valence-corrected chi connectivity index (χ0v) is 20.5. The van der Waals surface area contributed by atoms with Gasteiger partial charge in [0.05, 0.1) is 7.11 Å². The first-order valence-electron chi connectivity index (χ1n) is 10.3. The number of nitrogens with zero attached hydrogens (tertiary/aromatic N) is 2. The number of nitrogens with two attached hydrogens (primary N) is 1. The van der Waals surface area contributed by atoms with Gasteiger partial charge < -0.3 is 20.7 Å². The number of nitrogens with one attached hydrogen (secondary N) is 3. The molecule has 1 aromatic rings. The summed E-state index contributed by atoms with van der Waals surface area (Å²) in [5, 5.41) is 21.6. The Balaban J connectivity index is 2.18. The van der Waals surface area contributed by atoms with E-state index in [1.807, 2.05) is 30.1 Å². The molecule has 0 aliphatic carbocycles. The topological polar surface area (TPSA) is 111 Å². The van der Waals surface area contributed by atoms with E-state index in [-0.39, 0.29) is 22.2 Å². The molecule has 5 N–H and O–H groups in total. The number of methoxy groups -OCH3 is 1. The monoisotopic (exact) mass is 444 g/mol. The maximum Gasteiger partial charge on any atom is 0.162 e. The van der Waals surface area contributed by atoms with Crippen LogP contribution in [0.4, 0.5) is 0 Å². The van der Waals surface area contributed by atoms with Crippen LogP contribution in [-0.4, -0.2) is 59.7 Å². The SMILES string of the molecule is CN=CC(=CN)c1ccc(C(=N)SC(=N)N(C)C2CC(C)(C)NC(C)(C)C2)c(OC)c1. The Kier molecular flexibility index (Phi) is 7.94. The molecule has 1 aliphatic heterocycles. The second-order valence-electron chi connectivity index (χ2n) is 9.23. The summed E-state index contributed by atoms with van der Waals surface area (Å²) in [5.74, 6) is 0.568. The molecule has 1 heterocycles. The smallest absolute Gasteiger partial charge is 0.162 e.